The lowest BCUT2D eigenvalue weighted by atomic mass is 10.3. The second-order valence-electron chi connectivity index (χ2n) is 2.70. The van der Waals surface area contributed by atoms with Crippen LogP contribution in [0.3, 0.4) is 0 Å². The summed E-state index contributed by atoms with van der Waals surface area (Å²) in [6, 6.07) is 3.00. The third-order valence-electron chi connectivity index (χ3n) is 0.667. The van der Waals surface area contributed by atoms with Gasteiger partial charge in [0.25, 0.3) is 0 Å². The lowest BCUT2D eigenvalue weighted by Crippen LogP contribution is -2.29. The van der Waals surface area contributed by atoms with Crippen molar-refractivity contribution in [3.05, 3.63) is 0 Å². The van der Waals surface area contributed by atoms with Crippen molar-refractivity contribution < 1.29 is 0 Å². The Hall–Kier alpha value is -0.550. The van der Waals surface area contributed by atoms with Crippen LogP contribution in [0.15, 0.2) is 0 Å². The normalized spacial score (nSPS) is 8.60. The number of nitriles is 1. The first-order chi connectivity index (χ1) is 4.54. The van der Waals surface area contributed by atoms with E-state index in [4.69, 9.17) is 5.26 Å². The highest BCUT2D eigenvalue weighted by Gasteiger charge is 1.92. The van der Waals surface area contributed by atoms with Crippen molar-refractivity contribution in [3.63, 3.8) is 0 Å². The minimum Gasteiger partial charge on any atom is -0.312 e. The Morgan fingerprint density at radius 3 is 1.30 bits per heavy atom. The van der Waals surface area contributed by atoms with Crippen LogP contribution in [0, 0.1) is 11.3 Å². The molecule has 0 aromatic carbocycles. The first-order valence-electron chi connectivity index (χ1n) is 3.61. The molecule has 0 bridgehead atoms. The van der Waals surface area contributed by atoms with E-state index in [9.17, 15) is 0 Å². The largest absolute Gasteiger partial charge is 0.312 e. The predicted octanol–water partition coefficient (Wildman–Crippen LogP) is 1.92. The predicted molar refractivity (Wildman–Crippen MR) is 44.7 cm³/mol. The second kappa shape index (κ2) is 8.45. The summed E-state index contributed by atoms with van der Waals surface area (Å²) in [5.74, 6) is 0. The van der Waals surface area contributed by atoms with Crippen LogP contribution in [-0.4, -0.2) is 12.1 Å². The van der Waals surface area contributed by atoms with Gasteiger partial charge in [0, 0.05) is 19.0 Å². The molecule has 0 aliphatic carbocycles. The van der Waals surface area contributed by atoms with Gasteiger partial charge in [0.1, 0.15) is 0 Å². The van der Waals surface area contributed by atoms with Crippen LogP contribution in [0.25, 0.3) is 0 Å². The molecule has 2 nitrogen and oxygen atoms in total. The maximum Gasteiger partial charge on any atom is 0.0587 e. The van der Waals surface area contributed by atoms with Gasteiger partial charge in [-0.15, -0.1) is 0 Å². The minimum atomic E-state index is 0.625. The van der Waals surface area contributed by atoms with Gasteiger partial charge in [0.15, 0.2) is 0 Å². The van der Waals surface area contributed by atoms with Gasteiger partial charge in [0.2, 0.25) is 0 Å². The fourth-order valence-corrected chi connectivity index (χ4v) is 0.667. The fraction of sp³-hybridized carbons (Fsp3) is 0.875. The molecule has 0 aliphatic heterocycles. The van der Waals surface area contributed by atoms with Crippen LogP contribution in [0.5, 0.6) is 0 Å². The van der Waals surface area contributed by atoms with Crippen LogP contribution in [-0.2, 0) is 0 Å². The Labute approximate surface area is 64.2 Å². The van der Waals surface area contributed by atoms with Crippen molar-refractivity contribution in [1.29, 1.82) is 5.26 Å². The lowest BCUT2D eigenvalue weighted by Gasteiger charge is -2.10. The van der Waals surface area contributed by atoms with Crippen LogP contribution in [0.2, 0.25) is 0 Å². The fourth-order valence-electron chi connectivity index (χ4n) is 0.667. The first kappa shape index (κ1) is 12.2. The molecule has 0 saturated heterocycles. The summed E-state index contributed by atoms with van der Waals surface area (Å²) in [7, 11) is 0. The summed E-state index contributed by atoms with van der Waals surface area (Å²) in [5, 5.41) is 10.6. The molecule has 0 atom stereocenters. The maximum absolute atomic E-state index is 7.32. The molecule has 0 fully saturated rings. The summed E-state index contributed by atoms with van der Waals surface area (Å²) in [6.45, 7) is 10.0. The third-order valence-corrected chi connectivity index (χ3v) is 0.667. The number of nitrogens with zero attached hydrogens (tertiary/aromatic N) is 1. The Kier molecular flexibility index (Phi) is 10.3. The van der Waals surface area contributed by atoms with Crippen molar-refractivity contribution in [1.82, 2.24) is 5.32 Å². The zero-order valence-corrected chi connectivity index (χ0v) is 7.60. The number of rotatable bonds is 2. The van der Waals surface area contributed by atoms with Gasteiger partial charge in [-0.3, -0.25) is 0 Å². The van der Waals surface area contributed by atoms with E-state index in [0.29, 0.717) is 12.1 Å². The highest BCUT2D eigenvalue weighted by atomic mass is 14.9. The molecule has 1 N–H and O–H groups in total. The van der Waals surface area contributed by atoms with Gasteiger partial charge in [0.05, 0.1) is 6.07 Å². The molecular weight excluding hydrogens is 124 g/mol. The van der Waals surface area contributed by atoms with Gasteiger partial charge in [-0.25, -0.2) is 0 Å². The number of hydrogen-bond acceptors (Lipinski definition) is 2. The monoisotopic (exact) mass is 142 g/mol. The van der Waals surface area contributed by atoms with E-state index < -0.39 is 0 Å². The molecule has 0 unspecified atom stereocenters. The second-order valence-corrected chi connectivity index (χ2v) is 2.70. The molecule has 60 valence electrons. The SMILES string of the molecule is CC#N.CC(C)NC(C)C. The van der Waals surface area contributed by atoms with E-state index in [1.807, 2.05) is 0 Å². The van der Waals surface area contributed by atoms with Gasteiger partial charge in [-0.2, -0.15) is 5.26 Å². The lowest BCUT2D eigenvalue weighted by molar-refractivity contribution is 0.518. The number of hydrogen-bond donors (Lipinski definition) is 1. The van der Waals surface area contributed by atoms with Crippen LogP contribution < -0.4 is 5.32 Å². The summed E-state index contributed by atoms with van der Waals surface area (Å²) < 4.78 is 0. The van der Waals surface area contributed by atoms with Crippen LogP contribution >= 0.6 is 0 Å². The topological polar surface area (TPSA) is 35.8 Å². The van der Waals surface area contributed by atoms with Crippen molar-refractivity contribution in [2.75, 3.05) is 0 Å². The molecule has 0 spiro atoms. The average Bonchev–Trinajstić information content (AvgIpc) is 1.62. The highest BCUT2D eigenvalue weighted by Crippen LogP contribution is 1.80. The van der Waals surface area contributed by atoms with E-state index >= 15 is 0 Å². The number of nitrogens with one attached hydrogen (secondary N) is 1. The van der Waals surface area contributed by atoms with E-state index in [1.54, 1.807) is 6.07 Å². The molecule has 0 saturated carbocycles. The van der Waals surface area contributed by atoms with Crippen LogP contribution in [0.4, 0.5) is 0 Å². The molecule has 0 amide bonds. The molecule has 10 heavy (non-hydrogen) atoms. The van der Waals surface area contributed by atoms with Crippen molar-refractivity contribution >= 4 is 0 Å². The Morgan fingerprint density at radius 2 is 1.30 bits per heavy atom. The van der Waals surface area contributed by atoms with Crippen molar-refractivity contribution in [3.8, 4) is 6.07 Å². The van der Waals surface area contributed by atoms with Gasteiger partial charge in [-0.1, -0.05) is 27.7 Å². The van der Waals surface area contributed by atoms with Crippen LogP contribution in [0.1, 0.15) is 34.6 Å². The van der Waals surface area contributed by atoms with Gasteiger partial charge < -0.3 is 5.32 Å². The molecular formula is C8H18N2. The molecule has 0 rings (SSSR count). The molecule has 0 heterocycles. The Balaban J connectivity index is 0. The van der Waals surface area contributed by atoms with Crippen molar-refractivity contribution in [2.24, 2.45) is 0 Å². The smallest absolute Gasteiger partial charge is 0.0587 e. The zero-order valence-electron chi connectivity index (χ0n) is 7.60. The summed E-state index contributed by atoms with van der Waals surface area (Å²) >= 11 is 0. The standard InChI is InChI=1S/C6H15N.C2H3N/c1-5(2)7-6(3)4;1-2-3/h5-7H,1-4H3;1H3. The zero-order chi connectivity index (χ0) is 8.57. The Morgan fingerprint density at radius 1 is 1.10 bits per heavy atom. The third kappa shape index (κ3) is 26.0. The van der Waals surface area contributed by atoms with E-state index in [1.165, 1.54) is 6.92 Å². The molecule has 0 aromatic rings. The van der Waals surface area contributed by atoms with E-state index in [0.717, 1.165) is 0 Å². The summed E-state index contributed by atoms with van der Waals surface area (Å²) in [6.07, 6.45) is 0. The molecule has 0 aromatic heterocycles. The summed E-state index contributed by atoms with van der Waals surface area (Å²) in [5.41, 5.74) is 0. The van der Waals surface area contributed by atoms with E-state index in [2.05, 4.69) is 33.0 Å². The molecule has 2 heteroatoms. The van der Waals surface area contributed by atoms with Gasteiger partial charge >= 0.3 is 0 Å². The van der Waals surface area contributed by atoms with E-state index in [-0.39, 0.29) is 0 Å². The molecule has 0 aliphatic rings. The quantitative estimate of drug-likeness (QED) is 0.639. The highest BCUT2D eigenvalue weighted by molar-refractivity contribution is 4.55. The first-order valence-corrected chi connectivity index (χ1v) is 3.61. The Bertz CT molecular complexity index is 83.9. The summed E-state index contributed by atoms with van der Waals surface area (Å²) in [4.78, 5) is 0. The van der Waals surface area contributed by atoms with Crippen molar-refractivity contribution in [2.45, 2.75) is 46.7 Å². The average molecular weight is 142 g/mol. The molecule has 0 radical (unpaired) electrons. The van der Waals surface area contributed by atoms with Gasteiger partial charge in [-0.05, 0) is 0 Å². The minimum absolute atomic E-state index is 0.625. The maximum atomic E-state index is 7.32.